The molecule has 2 N–H and O–H groups in total. The molecule has 1 atom stereocenters. The molecule has 1 aliphatic heterocycles. The average molecular weight is 359 g/mol. The molecule has 1 aliphatic carbocycles. The van der Waals surface area contributed by atoms with Crippen molar-refractivity contribution in [1.29, 1.82) is 0 Å². The molecule has 1 aromatic heterocycles. The van der Waals surface area contributed by atoms with Crippen molar-refractivity contribution in [1.82, 2.24) is 15.1 Å². The summed E-state index contributed by atoms with van der Waals surface area (Å²) in [7, 11) is 0. The molecule has 2 aromatic rings. The summed E-state index contributed by atoms with van der Waals surface area (Å²) >= 11 is 0. The van der Waals surface area contributed by atoms with Crippen LogP contribution >= 0.6 is 0 Å². The van der Waals surface area contributed by atoms with E-state index in [0.717, 1.165) is 24.1 Å². The van der Waals surface area contributed by atoms with E-state index >= 15 is 0 Å². The van der Waals surface area contributed by atoms with E-state index in [1.165, 1.54) is 12.1 Å². The number of nitrogens with one attached hydrogen (secondary N) is 1. The smallest absolute Gasteiger partial charge is 0.274 e. The van der Waals surface area contributed by atoms with Crippen molar-refractivity contribution in [2.45, 2.75) is 30.8 Å². The summed E-state index contributed by atoms with van der Waals surface area (Å²) in [5, 5.41) is 17.1. The molecular formula is C19H22FN3O3. The van der Waals surface area contributed by atoms with E-state index in [1.807, 2.05) is 6.07 Å². The van der Waals surface area contributed by atoms with Crippen LogP contribution in [0.5, 0.6) is 0 Å². The van der Waals surface area contributed by atoms with E-state index in [2.05, 4.69) is 10.2 Å². The molecule has 7 heteroatoms. The minimum absolute atomic E-state index is 0.173. The van der Waals surface area contributed by atoms with E-state index in [9.17, 15) is 14.3 Å². The van der Waals surface area contributed by atoms with Gasteiger partial charge in [-0.1, -0.05) is 12.1 Å². The normalized spacial score (nSPS) is 23.2. The standard InChI is InChI=1S/C19H22FN3O3/c20-15-3-1-2-13(8-15)10-19(12-24)11-23(6-7-26-19)18(25)17-9-16(21-22-17)14-4-5-14/h1-3,8-9,14,24H,4-7,10-12H2,(H,21,22)/t19-/m0/s1. The third-order valence-corrected chi connectivity index (χ3v) is 5.07. The lowest BCUT2D eigenvalue weighted by Crippen LogP contribution is -2.56. The topological polar surface area (TPSA) is 78.5 Å². The number of nitrogens with zero attached hydrogens (tertiary/aromatic N) is 2. The first-order valence-corrected chi connectivity index (χ1v) is 8.92. The van der Waals surface area contributed by atoms with Crippen LogP contribution < -0.4 is 0 Å². The molecule has 6 nitrogen and oxygen atoms in total. The van der Waals surface area contributed by atoms with Gasteiger partial charge in [0.1, 0.15) is 17.1 Å². The van der Waals surface area contributed by atoms with Crippen LogP contribution in [0.25, 0.3) is 0 Å². The number of carbonyl (C=O) groups excluding carboxylic acids is 1. The number of amides is 1. The second kappa shape index (κ2) is 6.81. The van der Waals surface area contributed by atoms with Gasteiger partial charge in [0.05, 0.1) is 19.8 Å². The molecule has 4 rings (SSSR count). The fraction of sp³-hybridized carbons (Fsp3) is 0.474. The van der Waals surface area contributed by atoms with E-state index < -0.39 is 5.60 Å². The second-order valence-electron chi connectivity index (χ2n) is 7.21. The SMILES string of the molecule is O=C(c1cc(C2CC2)[nH]n1)N1CCO[C@@](CO)(Cc2cccc(F)c2)C1. The lowest BCUT2D eigenvalue weighted by atomic mass is 9.93. The Morgan fingerprint density at radius 3 is 3.00 bits per heavy atom. The van der Waals surface area contributed by atoms with Crippen LogP contribution in [-0.4, -0.2) is 58.0 Å². The van der Waals surface area contributed by atoms with Crippen molar-refractivity contribution in [2.24, 2.45) is 0 Å². The molecule has 0 spiro atoms. The highest BCUT2D eigenvalue weighted by atomic mass is 19.1. The molecule has 26 heavy (non-hydrogen) atoms. The Labute approximate surface area is 151 Å². The molecule has 0 bridgehead atoms. The van der Waals surface area contributed by atoms with Crippen molar-refractivity contribution in [2.75, 3.05) is 26.3 Å². The van der Waals surface area contributed by atoms with Crippen LogP contribution in [0.2, 0.25) is 0 Å². The maximum Gasteiger partial charge on any atom is 0.274 e. The summed E-state index contributed by atoms with van der Waals surface area (Å²) in [6.45, 7) is 0.753. The van der Waals surface area contributed by atoms with Gasteiger partial charge in [-0.25, -0.2) is 4.39 Å². The Morgan fingerprint density at radius 1 is 1.42 bits per heavy atom. The van der Waals surface area contributed by atoms with Gasteiger partial charge in [0.25, 0.3) is 5.91 Å². The Morgan fingerprint density at radius 2 is 2.27 bits per heavy atom. The number of carbonyl (C=O) groups is 1. The van der Waals surface area contributed by atoms with Gasteiger partial charge in [-0.3, -0.25) is 9.89 Å². The van der Waals surface area contributed by atoms with E-state index in [-0.39, 0.29) is 24.9 Å². The number of benzene rings is 1. The number of aliphatic hydroxyl groups excluding tert-OH is 1. The van der Waals surface area contributed by atoms with Crippen LogP contribution in [0, 0.1) is 5.82 Å². The fourth-order valence-electron chi connectivity index (χ4n) is 3.51. The van der Waals surface area contributed by atoms with Gasteiger partial charge >= 0.3 is 0 Å². The van der Waals surface area contributed by atoms with Gasteiger partial charge in [0.2, 0.25) is 0 Å². The van der Waals surface area contributed by atoms with Crippen LogP contribution in [0.1, 0.15) is 40.5 Å². The molecule has 1 saturated heterocycles. The molecule has 1 amide bonds. The summed E-state index contributed by atoms with van der Waals surface area (Å²) in [5.41, 5.74) is 1.20. The first-order valence-electron chi connectivity index (χ1n) is 8.92. The number of hydrogen-bond acceptors (Lipinski definition) is 4. The minimum Gasteiger partial charge on any atom is -0.393 e. The number of aromatic nitrogens is 2. The Hall–Kier alpha value is -2.25. The van der Waals surface area contributed by atoms with Gasteiger partial charge in [0.15, 0.2) is 0 Å². The monoisotopic (exact) mass is 359 g/mol. The highest BCUT2D eigenvalue weighted by Crippen LogP contribution is 2.39. The third kappa shape index (κ3) is 3.50. The third-order valence-electron chi connectivity index (χ3n) is 5.07. The molecular weight excluding hydrogens is 337 g/mol. The number of hydrogen-bond donors (Lipinski definition) is 2. The number of rotatable bonds is 5. The number of ether oxygens (including phenoxy) is 1. The molecule has 0 unspecified atom stereocenters. The van der Waals surface area contributed by atoms with Crippen LogP contribution in [-0.2, 0) is 11.2 Å². The summed E-state index contributed by atoms with van der Waals surface area (Å²) < 4.78 is 19.3. The van der Waals surface area contributed by atoms with Crippen LogP contribution in [0.15, 0.2) is 30.3 Å². The maximum atomic E-state index is 13.5. The quantitative estimate of drug-likeness (QED) is 0.854. The van der Waals surface area contributed by atoms with Crippen molar-refractivity contribution < 1.29 is 19.0 Å². The van der Waals surface area contributed by atoms with Gasteiger partial charge in [-0.2, -0.15) is 5.10 Å². The van der Waals surface area contributed by atoms with E-state index in [4.69, 9.17) is 4.74 Å². The molecule has 2 fully saturated rings. The van der Waals surface area contributed by atoms with Gasteiger partial charge in [-0.05, 0) is 36.6 Å². The summed E-state index contributed by atoms with van der Waals surface area (Å²) in [6, 6.07) is 8.05. The van der Waals surface area contributed by atoms with Crippen molar-refractivity contribution >= 4 is 5.91 Å². The number of H-pyrrole nitrogens is 1. The zero-order chi connectivity index (χ0) is 18.1. The molecule has 2 aliphatic rings. The van der Waals surface area contributed by atoms with Gasteiger partial charge in [-0.15, -0.1) is 0 Å². The highest BCUT2D eigenvalue weighted by Gasteiger charge is 2.39. The predicted molar refractivity (Wildman–Crippen MR) is 92.3 cm³/mol. The molecule has 1 saturated carbocycles. The zero-order valence-electron chi connectivity index (χ0n) is 14.4. The number of morpholine rings is 1. The lowest BCUT2D eigenvalue weighted by Gasteiger charge is -2.41. The second-order valence-corrected chi connectivity index (χ2v) is 7.21. The first kappa shape index (κ1) is 17.2. The Balaban J connectivity index is 1.49. The zero-order valence-corrected chi connectivity index (χ0v) is 14.4. The number of aromatic amines is 1. The van der Waals surface area contributed by atoms with Gasteiger partial charge < -0.3 is 14.7 Å². The molecule has 2 heterocycles. The minimum atomic E-state index is -0.933. The molecule has 1 aromatic carbocycles. The van der Waals surface area contributed by atoms with Crippen molar-refractivity contribution in [3.63, 3.8) is 0 Å². The fourth-order valence-corrected chi connectivity index (χ4v) is 3.51. The number of halogens is 1. The maximum absolute atomic E-state index is 13.5. The largest absolute Gasteiger partial charge is 0.393 e. The molecule has 0 radical (unpaired) electrons. The summed E-state index contributed by atoms with van der Waals surface area (Å²) in [4.78, 5) is 14.5. The Kier molecular flexibility index (Phi) is 4.50. The van der Waals surface area contributed by atoms with Gasteiger partial charge in [0, 0.05) is 24.6 Å². The number of aliphatic hydroxyl groups is 1. The van der Waals surface area contributed by atoms with Crippen LogP contribution in [0.4, 0.5) is 4.39 Å². The average Bonchev–Trinajstić information content (AvgIpc) is 3.38. The van der Waals surface area contributed by atoms with Crippen molar-refractivity contribution in [3.05, 3.63) is 53.1 Å². The Bertz CT molecular complexity index is 805. The van der Waals surface area contributed by atoms with E-state index in [1.54, 1.807) is 17.0 Å². The predicted octanol–water partition coefficient (Wildman–Crippen LogP) is 1.87. The summed E-state index contributed by atoms with van der Waals surface area (Å²) in [6.07, 6.45) is 2.60. The van der Waals surface area contributed by atoms with Crippen LogP contribution in [0.3, 0.4) is 0 Å². The highest BCUT2D eigenvalue weighted by molar-refractivity contribution is 5.92. The van der Waals surface area contributed by atoms with E-state index in [0.29, 0.717) is 31.2 Å². The van der Waals surface area contributed by atoms with Crippen molar-refractivity contribution in [3.8, 4) is 0 Å². The first-order chi connectivity index (χ1) is 12.6. The summed E-state index contributed by atoms with van der Waals surface area (Å²) in [5.74, 6) is -0.00442. The lowest BCUT2D eigenvalue weighted by molar-refractivity contribution is -0.123. The molecule has 138 valence electrons.